The monoisotopic (exact) mass is 467 g/mol. The third-order valence-corrected chi connectivity index (χ3v) is 7.44. The fourth-order valence-electron chi connectivity index (χ4n) is 4.15. The van der Waals surface area contributed by atoms with Crippen LogP contribution in [-0.4, -0.2) is 27.2 Å². The molecule has 0 aliphatic rings. The summed E-state index contributed by atoms with van der Waals surface area (Å²) in [5, 5.41) is 1.18. The van der Waals surface area contributed by atoms with E-state index < -0.39 is 0 Å². The van der Waals surface area contributed by atoms with E-state index in [2.05, 4.69) is 91.0 Å². The van der Waals surface area contributed by atoms with Gasteiger partial charge in [0.15, 0.2) is 0 Å². The summed E-state index contributed by atoms with van der Waals surface area (Å²) < 4.78 is 3.38. The molecule has 3 nitrogen and oxygen atoms in total. The molecular weight excluding hydrogens is 442 g/mol. The first-order valence-electron chi connectivity index (χ1n) is 11.0. The van der Waals surface area contributed by atoms with Crippen molar-refractivity contribution in [3.8, 4) is 5.69 Å². The minimum atomic E-state index is 0.563. The number of aromatic nitrogens is 2. The zero-order valence-corrected chi connectivity index (χ0v) is 20.6. The van der Waals surface area contributed by atoms with Crippen LogP contribution in [0.3, 0.4) is 0 Å². The van der Waals surface area contributed by atoms with Crippen molar-refractivity contribution in [2.24, 2.45) is 4.99 Å². The van der Waals surface area contributed by atoms with Gasteiger partial charge in [-0.1, -0.05) is 60.2 Å². The van der Waals surface area contributed by atoms with Gasteiger partial charge in [-0.05, 0) is 61.2 Å². The van der Waals surface area contributed by atoms with Gasteiger partial charge in [0.2, 0.25) is 0 Å². The van der Waals surface area contributed by atoms with Crippen LogP contribution in [0.4, 0.5) is 0 Å². The maximum absolute atomic E-state index is 5.63. The highest BCUT2D eigenvalue weighted by molar-refractivity contribution is 7.80. The maximum Gasteiger partial charge on any atom is 0.128 e. The van der Waals surface area contributed by atoms with Gasteiger partial charge in [-0.3, -0.25) is 9.56 Å². The fraction of sp³-hybridized carbons (Fsp3) is 0.179. The van der Waals surface area contributed by atoms with Crippen LogP contribution in [0, 0.1) is 20.8 Å². The zero-order chi connectivity index (χ0) is 22.9. The van der Waals surface area contributed by atoms with Crippen molar-refractivity contribution in [3.05, 3.63) is 94.8 Å². The summed E-state index contributed by atoms with van der Waals surface area (Å²) in [5.41, 5.74) is 8.43. The molecule has 0 aliphatic carbocycles. The molecule has 2 aromatic heterocycles. The van der Waals surface area contributed by atoms with Crippen LogP contribution in [-0.2, 0) is 6.42 Å². The Morgan fingerprint density at radius 2 is 1.79 bits per heavy atom. The third kappa shape index (κ3) is 4.39. The molecule has 0 amide bonds. The molecule has 0 radical (unpaired) electrons. The molecule has 0 saturated carbocycles. The molecule has 5 rings (SSSR count). The Labute approximate surface area is 203 Å². The van der Waals surface area contributed by atoms with Crippen LogP contribution in [0.1, 0.15) is 27.8 Å². The lowest BCUT2D eigenvalue weighted by molar-refractivity contribution is 1.10. The normalized spacial score (nSPS) is 11.7. The van der Waals surface area contributed by atoms with Crippen LogP contribution in [0.25, 0.3) is 26.1 Å². The van der Waals surface area contributed by atoms with Crippen LogP contribution < -0.4 is 0 Å². The lowest BCUT2D eigenvalue weighted by Crippen LogP contribution is -2.07. The Morgan fingerprint density at radius 1 is 1.03 bits per heavy atom. The van der Waals surface area contributed by atoms with Crippen LogP contribution in [0.15, 0.2) is 72.0 Å². The quantitative estimate of drug-likeness (QED) is 0.195. The highest BCUT2D eigenvalue weighted by Gasteiger charge is 2.12. The molecule has 0 bridgehead atoms. The topological polar surface area (TPSA) is 30.2 Å². The lowest BCUT2D eigenvalue weighted by Gasteiger charge is -2.09. The summed E-state index contributed by atoms with van der Waals surface area (Å²) in [5.74, 6) is 0. The second-order valence-corrected chi connectivity index (χ2v) is 10.1. The molecule has 0 unspecified atom stereocenters. The second-order valence-electron chi connectivity index (χ2n) is 8.52. The average Bonchev–Trinajstić information content (AvgIpc) is 3.36. The Hall–Kier alpha value is -3.15. The fourth-order valence-corrected chi connectivity index (χ4v) is 5.55. The number of aliphatic imine (C=N–C) groups is 1. The van der Waals surface area contributed by atoms with E-state index >= 15 is 0 Å². The third-order valence-electron chi connectivity index (χ3n) is 6.03. The van der Waals surface area contributed by atoms with Gasteiger partial charge in [0.1, 0.15) is 16.7 Å². The molecule has 0 spiro atoms. The van der Waals surface area contributed by atoms with Gasteiger partial charge >= 0.3 is 0 Å². The van der Waals surface area contributed by atoms with Gasteiger partial charge in [0, 0.05) is 33.3 Å². The molecule has 0 N–H and O–H groups in total. The Kier molecular flexibility index (Phi) is 5.92. The van der Waals surface area contributed by atoms with E-state index in [0.717, 1.165) is 32.9 Å². The number of thiophene rings is 1. The predicted molar refractivity (Wildman–Crippen MR) is 146 cm³/mol. The predicted octanol–water partition coefficient (Wildman–Crippen LogP) is 7.20. The van der Waals surface area contributed by atoms with Crippen molar-refractivity contribution in [1.82, 2.24) is 9.55 Å². The number of hydrogen-bond donors (Lipinski definition) is 0. The first-order valence-corrected chi connectivity index (χ1v) is 12.3. The number of nitrogens with zero attached hydrogens (tertiary/aromatic N) is 3. The zero-order valence-electron chi connectivity index (χ0n) is 19.0. The van der Waals surface area contributed by atoms with Crippen molar-refractivity contribution in [2.45, 2.75) is 27.2 Å². The van der Waals surface area contributed by atoms with Crippen molar-refractivity contribution >= 4 is 55.1 Å². The summed E-state index contributed by atoms with van der Waals surface area (Å²) in [6.45, 7) is 6.96. The smallest absolute Gasteiger partial charge is 0.128 e. The molecule has 0 fully saturated rings. The Balaban J connectivity index is 1.35. The van der Waals surface area contributed by atoms with Gasteiger partial charge in [-0.25, -0.2) is 4.98 Å². The van der Waals surface area contributed by atoms with E-state index in [1.807, 2.05) is 12.5 Å². The first-order chi connectivity index (χ1) is 16.0. The number of aryl methyl sites for hydroxylation is 3. The van der Waals surface area contributed by atoms with Gasteiger partial charge in [-0.2, -0.15) is 0 Å². The minimum Gasteiger partial charge on any atom is -0.290 e. The molecule has 2 heterocycles. The van der Waals surface area contributed by atoms with Gasteiger partial charge in [-0.15, -0.1) is 11.3 Å². The van der Waals surface area contributed by atoms with Gasteiger partial charge < -0.3 is 0 Å². The van der Waals surface area contributed by atoms with E-state index in [1.54, 1.807) is 11.3 Å². The standard InChI is InChI=1S/C28H25N3S2/c1-18-7-10-22(11-8-18)31-17-30-27-24-12-9-21(13-26(24)33-28(27)31)15-29-16-23(32)14-25-19(2)5-4-6-20(25)3/h4-13,15,17H,14,16H2,1-3H3. The average molecular weight is 468 g/mol. The van der Waals surface area contributed by atoms with Gasteiger partial charge in [0.25, 0.3) is 0 Å². The SMILES string of the molecule is Cc1ccc(-n2cnc3c4ccc(C=NCC(=S)Cc5c(C)cccc5C)cc4sc32)cc1. The Bertz CT molecular complexity index is 1480. The molecular formula is C28H25N3S2. The molecule has 3 aromatic carbocycles. The number of fused-ring (bicyclic) bond motifs is 3. The number of rotatable bonds is 6. The van der Waals surface area contributed by atoms with Gasteiger partial charge in [0.05, 0.1) is 6.54 Å². The molecule has 5 aromatic rings. The highest BCUT2D eigenvalue weighted by atomic mass is 32.1. The van der Waals surface area contributed by atoms with Crippen LogP contribution >= 0.6 is 23.6 Å². The summed E-state index contributed by atoms with van der Waals surface area (Å²) in [4.78, 5) is 11.5. The summed E-state index contributed by atoms with van der Waals surface area (Å²) in [6, 6.07) is 21.4. The van der Waals surface area contributed by atoms with E-state index in [9.17, 15) is 0 Å². The number of imidazole rings is 1. The van der Waals surface area contributed by atoms with E-state index in [4.69, 9.17) is 17.2 Å². The first kappa shape index (κ1) is 21.7. The highest BCUT2D eigenvalue weighted by Crippen LogP contribution is 2.34. The molecule has 5 heteroatoms. The molecule has 0 saturated heterocycles. The van der Waals surface area contributed by atoms with Crippen LogP contribution in [0.2, 0.25) is 0 Å². The number of benzene rings is 3. The number of thiocarbonyl (C=S) groups is 1. The molecule has 0 aliphatic heterocycles. The van der Waals surface area contributed by atoms with E-state index in [1.165, 1.54) is 32.3 Å². The van der Waals surface area contributed by atoms with Crippen molar-refractivity contribution in [1.29, 1.82) is 0 Å². The van der Waals surface area contributed by atoms with E-state index in [0.29, 0.717) is 6.54 Å². The summed E-state index contributed by atoms with van der Waals surface area (Å²) >= 11 is 7.39. The number of hydrogen-bond acceptors (Lipinski definition) is 4. The molecule has 164 valence electrons. The molecule has 0 atom stereocenters. The van der Waals surface area contributed by atoms with Crippen molar-refractivity contribution in [3.63, 3.8) is 0 Å². The minimum absolute atomic E-state index is 0.563. The lowest BCUT2D eigenvalue weighted by atomic mass is 9.99. The summed E-state index contributed by atoms with van der Waals surface area (Å²) in [7, 11) is 0. The van der Waals surface area contributed by atoms with Crippen LogP contribution in [0.5, 0.6) is 0 Å². The van der Waals surface area contributed by atoms with Crippen molar-refractivity contribution < 1.29 is 0 Å². The van der Waals surface area contributed by atoms with E-state index in [-0.39, 0.29) is 0 Å². The van der Waals surface area contributed by atoms with Crippen molar-refractivity contribution in [2.75, 3.05) is 6.54 Å². The molecule has 33 heavy (non-hydrogen) atoms. The second kappa shape index (κ2) is 9.00. The summed E-state index contributed by atoms with van der Waals surface area (Å²) in [6.07, 6.45) is 4.65. The Morgan fingerprint density at radius 3 is 2.55 bits per heavy atom. The largest absolute Gasteiger partial charge is 0.290 e. The maximum atomic E-state index is 5.63.